The summed E-state index contributed by atoms with van der Waals surface area (Å²) in [6.07, 6.45) is -1.81. The molecule has 0 aromatic heterocycles. The minimum absolute atomic E-state index is 0.268. The zero-order chi connectivity index (χ0) is 15.8. The average molecular weight is 306 g/mol. The van der Waals surface area contributed by atoms with E-state index < -0.39 is 36.7 Å². The van der Waals surface area contributed by atoms with E-state index in [9.17, 15) is 25.2 Å². The van der Waals surface area contributed by atoms with Crippen LogP contribution in [0, 0.1) is 0 Å². The normalized spacial score (nSPS) is 32.9. The highest BCUT2D eigenvalue weighted by Gasteiger charge is 2.43. The second-order valence-electron chi connectivity index (χ2n) is 5.38. The van der Waals surface area contributed by atoms with Gasteiger partial charge in [-0.15, -0.1) is 0 Å². The van der Waals surface area contributed by atoms with E-state index >= 15 is 0 Å². The van der Waals surface area contributed by atoms with Crippen LogP contribution < -0.4 is 0 Å². The first-order chi connectivity index (χ1) is 9.97. The summed E-state index contributed by atoms with van der Waals surface area (Å²) in [5.41, 5.74) is 0. The SMILES string of the molecule is CCCCCCCC(=O)OC[C@H]1OC(O)[C@H](O)[C@@H](O)[C@H]1O. The summed E-state index contributed by atoms with van der Waals surface area (Å²) in [7, 11) is 0. The Balaban J connectivity index is 2.23. The van der Waals surface area contributed by atoms with Gasteiger partial charge in [0.05, 0.1) is 0 Å². The Morgan fingerprint density at radius 3 is 2.33 bits per heavy atom. The monoisotopic (exact) mass is 306 g/mol. The van der Waals surface area contributed by atoms with Crippen molar-refractivity contribution in [1.29, 1.82) is 0 Å². The van der Waals surface area contributed by atoms with Gasteiger partial charge in [0.25, 0.3) is 0 Å². The first kappa shape index (κ1) is 18.3. The number of carbonyl (C=O) groups excluding carboxylic acids is 1. The maximum absolute atomic E-state index is 11.5. The predicted molar refractivity (Wildman–Crippen MR) is 73.2 cm³/mol. The number of esters is 1. The second-order valence-corrected chi connectivity index (χ2v) is 5.38. The van der Waals surface area contributed by atoms with Gasteiger partial charge in [-0.25, -0.2) is 0 Å². The van der Waals surface area contributed by atoms with Crippen LogP contribution >= 0.6 is 0 Å². The van der Waals surface area contributed by atoms with Gasteiger partial charge in [-0.1, -0.05) is 32.6 Å². The molecule has 1 fully saturated rings. The van der Waals surface area contributed by atoms with Gasteiger partial charge >= 0.3 is 5.97 Å². The van der Waals surface area contributed by atoms with E-state index in [4.69, 9.17) is 9.47 Å². The molecule has 0 spiro atoms. The molecule has 1 aliphatic rings. The minimum atomic E-state index is -1.61. The first-order valence-electron chi connectivity index (χ1n) is 7.50. The van der Waals surface area contributed by atoms with Crippen molar-refractivity contribution in [2.24, 2.45) is 0 Å². The third kappa shape index (κ3) is 5.88. The van der Waals surface area contributed by atoms with E-state index in [1.165, 1.54) is 0 Å². The van der Waals surface area contributed by atoms with Crippen molar-refractivity contribution in [2.45, 2.75) is 76.2 Å². The number of aliphatic hydroxyl groups is 4. The molecule has 0 radical (unpaired) electrons. The highest BCUT2D eigenvalue weighted by atomic mass is 16.6. The van der Waals surface area contributed by atoms with Crippen molar-refractivity contribution in [2.75, 3.05) is 6.61 Å². The molecular formula is C14H26O7. The van der Waals surface area contributed by atoms with Crippen LogP contribution in [0.2, 0.25) is 0 Å². The molecule has 0 aromatic rings. The zero-order valence-electron chi connectivity index (χ0n) is 12.4. The lowest BCUT2D eigenvalue weighted by molar-refractivity contribution is -0.287. The third-order valence-electron chi connectivity index (χ3n) is 3.58. The van der Waals surface area contributed by atoms with E-state index in [0.717, 1.165) is 32.1 Å². The number of hydrogen-bond acceptors (Lipinski definition) is 7. The van der Waals surface area contributed by atoms with E-state index in [1.54, 1.807) is 0 Å². The molecule has 124 valence electrons. The molecule has 1 saturated heterocycles. The Labute approximate surface area is 124 Å². The average Bonchev–Trinajstić information content (AvgIpc) is 2.47. The van der Waals surface area contributed by atoms with Crippen LogP contribution in [-0.4, -0.2) is 63.7 Å². The van der Waals surface area contributed by atoms with Crippen LogP contribution in [0.5, 0.6) is 0 Å². The molecule has 1 aliphatic heterocycles. The van der Waals surface area contributed by atoms with Gasteiger partial charge in [0.15, 0.2) is 6.29 Å². The van der Waals surface area contributed by atoms with Crippen molar-refractivity contribution in [3.05, 3.63) is 0 Å². The van der Waals surface area contributed by atoms with Crippen molar-refractivity contribution < 1.29 is 34.7 Å². The lowest BCUT2D eigenvalue weighted by Crippen LogP contribution is -2.58. The van der Waals surface area contributed by atoms with Crippen molar-refractivity contribution >= 4 is 5.97 Å². The quantitative estimate of drug-likeness (QED) is 0.359. The molecule has 1 heterocycles. The summed E-state index contributed by atoms with van der Waals surface area (Å²) in [5.74, 6) is -0.405. The molecular weight excluding hydrogens is 280 g/mol. The van der Waals surface area contributed by atoms with Crippen LogP contribution in [0.25, 0.3) is 0 Å². The van der Waals surface area contributed by atoms with E-state index in [1.807, 2.05) is 0 Å². The Kier molecular flexibility index (Phi) is 8.13. The van der Waals surface area contributed by atoms with Gasteiger partial charge < -0.3 is 29.9 Å². The molecule has 21 heavy (non-hydrogen) atoms. The van der Waals surface area contributed by atoms with E-state index in [2.05, 4.69) is 6.92 Å². The zero-order valence-corrected chi connectivity index (χ0v) is 12.4. The highest BCUT2D eigenvalue weighted by Crippen LogP contribution is 2.20. The topological polar surface area (TPSA) is 116 Å². The Hall–Kier alpha value is -0.730. The fourth-order valence-corrected chi connectivity index (χ4v) is 2.19. The van der Waals surface area contributed by atoms with Crippen LogP contribution in [-0.2, 0) is 14.3 Å². The summed E-state index contributed by atoms with van der Waals surface area (Å²) in [6.45, 7) is 1.85. The fourth-order valence-electron chi connectivity index (χ4n) is 2.19. The number of aliphatic hydroxyl groups excluding tert-OH is 4. The summed E-state index contributed by atoms with van der Waals surface area (Å²) in [4.78, 5) is 11.5. The summed E-state index contributed by atoms with van der Waals surface area (Å²) in [6, 6.07) is 0. The van der Waals surface area contributed by atoms with Crippen LogP contribution in [0.4, 0.5) is 0 Å². The molecule has 1 unspecified atom stereocenters. The van der Waals surface area contributed by atoms with Gasteiger partial charge in [0, 0.05) is 6.42 Å². The molecule has 0 aliphatic carbocycles. The lowest BCUT2D eigenvalue weighted by Gasteiger charge is -2.37. The van der Waals surface area contributed by atoms with Crippen LogP contribution in [0.1, 0.15) is 45.4 Å². The molecule has 0 saturated carbocycles. The molecule has 7 nitrogen and oxygen atoms in total. The Morgan fingerprint density at radius 2 is 1.67 bits per heavy atom. The van der Waals surface area contributed by atoms with Gasteiger partial charge in [-0.3, -0.25) is 4.79 Å². The van der Waals surface area contributed by atoms with Crippen LogP contribution in [0.15, 0.2) is 0 Å². The molecule has 5 atom stereocenters. The van der Waals surface area contributed by atoms with Crippen LogP contribution in [0.3, 0.4) is 0 Å². The second kappa shape index (κ2) is 9.32. The van der Waals surface area contributed by atoms with Gasteiger partial charge in [-0.2, -0.15) is 0 Å². The molecule has 7 heteroatoms. The molecule has 1 rings (SSSR count). The summed E-state index contributed by atoms with van der Waals surface area (Å²) < 4.78 is 9.87. The summed E-state index contributed by atoms with van der Waals surface area (Å²) >= 11 is 0. The van der Waals surface area contributed by atoms with Gasteiger partial charge in [0.1, 0.15) is 31.0 Å². The number of ether oxygens (including phenoxy) is 2. The van der Waals surface area contributed by atoms with E-state index in [0.29, 0.717) is 6.42 Å². The highest BCUT2D eigenvalue weighted by molar-refractivity contribution is 5.69. The molecule has 0 amide bonds. The first-order valence-corrected chi connectivity index (χ1v) is 7.50. The van der Waals surface area contributed by atoms with E-state index in [-0.39, 0.29) is 6.61 Å². The minimum Gasteiger partial charge on any atom is -0.463 e. The van der Waals surface area contributed by atoms with Crippen molar-refractivity contribution in [3.63, 3.8) is 0 Å². The fraction of sp³-hybridized carbons (Fsp3) is 0.929. The largest absolute Gasteiger partial charge is 0.463 e. The molecule has 0 bridgehead atoms. The molecule has 4 N–H and O–H groups in total. The maximum Gasteiger partial charge on any atom is 0.305 e. The molecule has 0 aromatic carbocycles. The Bertz CT molecular complexity index is 310. The van der Waals surface area contributed by atoms with Crippen molar-refractivity contribution in [1.82, 2.24) is 0 Å². The lowest BCUT2D eigenvalue weighted by atomic mass is 9.99. The third-order valence-corrected chi connectivity index (χ3v) is 3.58. The Morgan fingerprint density at radius 1 is 1.00 bits per heavy atom. The van der Waals surface area contributed by atoms with Crippen molar-refractivity contribution in [3.8, 4) is 0 Å². The van der Waals surface area contributed by atoms with Gasteiger partial charge in [-0.05, 0) is 6.42 Å². The van der Waals surface area contributed by atoms with Gasteiger partial charge in [0.2, 0.25) is 0 Å². The number of unbranched alkanes of at least 4 members (excludes halogenated alkanes) is 4. The number of carbonyl (C=O) groups is 1. The smallest absolute Gasteiger partial charge is 0.305 e. The maximum atomic E-state index is 11.5. The number of rotatable bonds is 8. The standard InChI is InChI=1S/C14H26O7/c1-2-3-4-5-6-7-10(15)20-8-9-11(16)12(17)13(18)14(19)21-9/h9,11-14,16-19H,2-8H2,1H3/t9-,11+,12+,13-,14?/m1/s1. The summed E-state index contributed by atoms with van der Waals surface area (Å²) in [5, 5.41) is 37.8. The predicted octanol–water partition coefficient (Wildman–Crippen LogP) is -0.310. The number of hydrogen-bond donors (Lipinski definition) is 4.